The average molecular weight is 533 g/mol. The molecule has 5 heterocycles. The van der Waals surface area contributed by atoms with Crippen LogP contribution in [0.5, 0.6) is 0 Å². The van der Waals surface area contributed by atoms with E-state index >= 15 is 0 Å². The van der Waals surface area contributed by atoms with Gasteiger partial charge in [-0.3, -0.25) is 14.4 Å². The van der Waals surface area contributed by atoms with E-state index in [0.717, 1.165) is 25.9 Å². The number of amides is 3. The smallest absolute Gasteiger partial charge is 0.353 e. The van der Waals surface area contributed by atoms with Crippen LogP contribution in [0.25, 0.3) is 0 Å². The van der Waals surface area contributed by atoms with Crippen LogP contribution < -0.4 is 10.6 Å². The van der Waals surface area contributed by atoms with Crippen LogP contribution in [-0.4, -0.2) is 102 Å². The molecular formula is C23H32N8O5S. The highest BCUT2D eigenvalue weighted by Crippen LogP contribution is 2.51. The van der Waals surface area contributed by atoms with Gasteiger partial charge >= 0.3 is 5.97 Å². The monoisotopic (exact) mass is 532 g/mol. The lowest BCUT2D eigenvalue weighted by Gasteiger charge is -2.47. The molecule has 3 saturated heterocycles. The molecule has 4 aliphatic rings. The van der Waals surface area contributed by atoms with E-state index in [1.54, 1.807) is 14.0 Å². The molecule has 0 aliphatic carbocycles. The van der Waals surface area contributed by atoms with Crippen LogP contribution in [0.4, 0.5) is 0 Å². The third kappa shape index (κ3) is 4.72. The number of nitrogens with one attached hydrogen (secondary N) is 2. The Balaban J connectivity index is 1.23. The van der Waals surface area contributed by atoms with Crippen molar-refractivity contribution in [3.05, 3.63) is 16.4 Å². The molecule has 0 radical (unpaired) electrons. The highest BCUT2D eigenvalue weighted by atomic mass is 32.2. The molecule has 5 rings (SSSR count). The zero-order chi connectivity index (χ0) is 26.4. The Morgan fingerprint density at radius 2 is 2.00 bits per heavy atom. The number of carboxylic acids is 1. The Hall–Kier alpha value is -3.00. The van der Waals surface area contributed by atoms with E-state index in [9.17, 15) is 24.3 Å². The van der Waals surface area contributed by atoms with E-state index in [1.165, 1.54) is 21.5 Å². The molecule has 37 heavy (non-hydrogen) atoms. The van der Waals surface area contributed by atoms with Crippen LogP contribution in [0.3, 0.4) is 0 Å². The minimum Gasteiger partial charge on any atom is -0.477 e. The van der Waals surface area contributed by atoms with Crippen molar-refractivity contribution in [3.63, 3.8) is 0 Å². The lowest BCUT2D eigenvalue weighted by molar-refractivity contribution is -0.158. The third-order valence-electron chi connectivity index (χ3n) is 7.69. The number of β-lactam (4-membered cyclic amide) rings is 1. The van der Waals surface area contributed by atoms with Crippen molar-refractivity contribution in [1.29, 1.82) is 0 Å². The number of hydrogen-bond donors (Lipinski definition) is 3. The van der Waals surface area contributed by atoms with Gasteiger partial charge in [-0.05, 0) is 31.4 Å². The van der Waals surface area contributed by atoms with E-state index in [1.807, 2.05) is 11.8 Å². The molecule has 0 spiro atoms. The molecule has 1 aromatic heterocycles. The Labute approximate surface area is 218 Å². The van der Waals surface area contributed by atoms with Gasteiger partial charge in [0.1, 0.15) is 5.70 Å². The fourth-order valence-corrected chi connectivity index (χ4v) is 7.43. The summed E-state index contributed by atoms with van der Waals surface area (Å²) in [7, 11) is 1.61. The highest BCUT2D eigenvalue weighted by molar-refractivity contribution is 8.03. The fourth-order valence-electron chi connectivity index (χ4n) is 5.95. The van der Waals surface area contributed by atoms with Crippen LogP contribution >= 0.6 is 11.8 Å². The van der Waals surface area contributed by atoms with Gasteiger partial charge in [-0.15, -0.1) is 22.0 Å². The van der Waals surface area contributed by atoms with Crippen LogP contribution in [0, 0.1) is 11.8 Å². The maximum Gasteiger partial charge on any atom is 0.353 e. The Morgan fingerprint density at radius 3 is 2.65 bits per heavy atom. The lowest BCUT2D eigenvalue weighted by atomic mass is 9.78. The third-order valence-corrected chi connectivity index (χ3v) is 9.20. The van der Waals surface area contributed by atoms with Gasteiger partial charge in [-0.2, -0.15) is 4.80 Å². The van der Waals surface area contributed by atoms with Gasteiger partial charge in [-0.1, -0.05) is 6.92 Å². The number of hydrogen-bond acceptors (Lipinski definition) is 9. The van der Waals surface area contributed by atoms with Gasteiger partial charge < -0.3 is 25.5 Å². The van der Waals surface area contributed by atoms with Gasteiger partial charge in [-0.25, -0.2) is 4.79 Å². The van der Waals surface area contributed by atoms with Gasteiger partial charge in [0.25, 0.3) is 0 Å². The second kappa shape index (κ2) is 10.0. The minimum atomic E-state index is -1.13. The second-order valence-corrected chi connectivity index (χ2v) is 11.6. The Bertz CT molecular complexity index is 1150. The van der Waals surface area contributed by atoms with Crippen LogP contribution in [0.15, 0.2) is 10.6 Å². The molecule has 1 unspecified atom stereocenters. The first-order valence-corrected chi connectivity index (χ1v) is 13.5. The highest BCUT2D eigenvalue weighted by Gasteiger charge is 2.60. The van der Waals surface area contributed by atoms with Gasteiger partial charge in [0, 0.05) is 41.7 Å². The van der Waals surface area contributed by atoms with E-state index in [-0.39, 0.29) is 58.9 Å². The number of carbonyl (C=O) groups is 4. The number of rotatable bonds is 8. The summed E-state index contributed by atoms with van der Waals surface area (Å²) in [6.45, 7) is 5.88. The van der Waals surface area contributed by atoms with E-state index in [2.05, 4.69) is 26.0 Å². The minimum absolute atomic E-state index is 0.0281. The lowest BCUT2D eigenvalue weighted by Crippen LogP contribution is -2.66. The number of fused-ring (bicyclic) bond motifs is 1. The van der Waals surface area contributed by atoms with Gasteiger partial charge in [0.15, 0.2) is 5.82 Å². The van der Waals surface area contributed by atoms with Crippen LogP contribution in [-0.2, 0) is 32.6 Å². The van der Waals surface area contributed by atoms with Gasteiger partial charge in [0.2, 0.25) is 17.7 Å². The molecule has 3 amide bonds. The predicted molar refractivity (Wildman–Crippen MR) is 132 cm³/mol. The summed E-state index contributed by atoms with van der Waals surface area (Å²) in [6.07, 6.45) is 2.62. The summed E-state index contributed by atoms with van der Waals surface area (Å²) in [6, 6.07) is -1.09. The number of thioether (sulfide) groups is 1. The number of carboxylic acid groups (broad SMARTS) is 1. The molecule has 0 aromatic carbocycles. The first-order chi connectivity index (χ1) is 17.7. The van der Waals surface area contributed by atoms with E-state index < -0.39 is 17.9 Å². The van der Waals surface area contributed by atoms with E-state index in [4.69, 9.17) is 0 Å². The Kier molecular flexibility index (Phi) is 6.96. The largest absolute Gasteiger partial charge is 0.477 e. The maximum atomic E-state index is 13.1. The summed E-state index contributed by atoms with van der Waals surface area (Å²) >= 11 is 1.46. The number of tetrazole rings is 1. The van der Waals surface area contributed by atoms with E-state index in [0.29, 0.717) is 17.9 Å². The maximum absolute atomic E-state index is 13.1. The molecule has 13 nitrogen and oxygen atoms in total. The molecule has 3 fully saturated rings. The fraction of sp³-hybridized carbons (Fsp3) is 0.696. The molecule has 14 heteroatoms. The number of nitrogens with zero attached hydrogens (tertiary/aromatic N) is 6. The molecule has 4 aliphatic heterocycles. The summed E-state index contributed by atoms with van der Waals surface area (Å²) in [5.74, 6) is -2.10. The summed E-state index contributed by atoms with van der Waals surface area (Å²) in [5.41, 5.74) is 0.0281. The molecule has 3 N–H and O–H groups in total. The predicted octanol–water partition coefficient (Wildman–Crippen LogP) is -0.884. The molecule has 0 bridgehead atoms. The van der Waals surface area contributed by atoms with Crippen molar-refractivity contribution in [2.24, 2.45) is 18.9 Å². The summed E-state index contributed by atoms with van der Waals surface area (Å²) in [5, 5.41) is 27.7. The SMILES string of the molecule is C[C@H]1C(S[C@@H]2CN[C@H](C(=O)N3CCCC3)C2)=C(C(=O)O)N2C(=O)[C@H]([C@@H](C)NC(=O)Cc3nnn(C)n3)C12. The van der Waals surface area contributed by atoms with Crippen molar-refractivity contribution >= 4 is 35.5 Å². The van der Waals surface area contributed by atoms with Crippen molar-refractivity contribution in [3.8, 4) is 0 Å². The number of aliphatic carboxylic acids is 1. The number of aryl methyl sites for hydroxylation is 1. The number of carbonyl (C=O) groups excluding carboxylic acids is 3. The van der Waals surface area contributed by atoms with Gasteiger partial charge in [0.05, 0.1) is 31.5 Å². The molecular weight excluding hydrogens is 500 g/mol. The number of aromatic nitrogens is 4. The summed E-state index contributed by atoms with van der Waals surface area (Å²) < 4.78 is 0. The zero-order valence-corrected chi connectivity index (χ0v) is 21.9. The van der Waals surface area contributed by atoms with Crippen molar-refractivity contribution in [1.82, 2.24) is 40.6 Å². The quantitative estimate of drug-likeness (QED) is 0.358. The second-order valence-electron chi connectivity index (χ2n) is 10.2. The summed E-state index contributed by atoms with van der Waals surface area (Å²) in [4.78, 5) is 55.9. The molecule has 1 aromatic rings. The molecule has 6 atom stereocenters. The topological polar surface area (TPSA) is 163 Å². The molecule has 200 valence electrons. The van der Waals surface area contributed by atoms with Crippen LogP contribution in [0.2, 0.25) is 0 Å². The Morgan fingerprint density at radius 1 is 1.27 bits per heavy atom. The normalized spacial score (nSPS) is 29.9. The van der Waals surface area contributed by atoms with Crippen LogP contribution in [0.1, 0.15) is 38.9 Å². The molecule has 0 saturated carbocycles. The first kappa shape index (κ1) is 25.6. The van der Waals surface area contributed by atoms with Crippen molar-refractivity contribution in [2.45, 2.75) is 62.9 Å². The van der Waals surface area contributed by atoms with Crippen molar-refractivity contribution < 1.29 is 24.3 Å². The standard InChI is InChI=1S/C23H32N8O5S/c1-11-18-17(12(2)25-16(32)9-15-26-28-29(3)27-15)22(34)31(18)19(23(35)36)20(11)37-13-8-14(24-10-13)21(33)30-6-4-5-7-30/h11-14,17-18,24H,4-10H2,1-3H3,(H,25,32)(H,35,36)/t11-,12-,13+,14+,17-,18?/m1/s1. The first-order valence-electron chi connectivity index (χ1n) is 12.7. The van der Waals surface area contributed by atoms with Crippen molar-refractivity contribution in [2.75, 3.05) is 19.6 Å². The number of likely N-dealkylation sites (tertiary alicyclic amines) is 1. The zero-order valence-electron chi connectivity index (χ0n) is 21.1. The average Bonchev–Trinajstić information content (AvgIpc) is 3.62.